The Hall–Kier alpha value is -3.67. The van der Waals surface area contributed by atoms with Crippen LogP contribution in [-0.4, -0.2) is 83.6 Å². The van der Waals surface area contributed by atoms with Crippen LogP contribution in [0.3, 0.4) is 0 Å². The van der Waals surface area contributed by atoms with E-state index >= 15 is 0 Å². The predicted octanol–water partition coefficient (Wildman–Crippen LogP) is 5.03. The average molecular weight is 666 g/mol. The van der Waals surface area contributed by atoms with Crippen LogP contribution in [0.15, 0.2) is 29.5 Å². The number of nitrogens with one attached hydrogen (secondary N) is 3. The molecule has 1 rings (SSSR count). The molecule has 0 aliphatic heterocycles. The number of anilines is 1. The number of nitrogens with zero attached hydrogens (tertiary/aromatic N) is 3. The van der Waals surface area contributed by atoms with E-state index in [0.29, 0.717) is 45.5 Å². The Balaban J connectivity index is 2.10. The number of nitriles is 1. The predicted molar refractivity (Wildman–Crippen MR) is 178 cm³/mol. The maximum Gasteiger partial charge on any atom is 0.513 e. The minimum absolute atomic E-state index is 0.0141. The van der Waals surface area contributed by atoms with Crippen molar-refractivity contribution in [3.8, 4) is 6.19 Å². The highest BCUT2D eigenvalue weighted by atomic mass is 16.7. The number of carbonyl (C=O) groups excluding carboxylic acids is 2. The maximum atomic E-state index is 11.8. The van der Waals surface area contributed by atoms with Crippen LogP contribution in [0.4, 0.5) is 15.3 Å². The van der Waals surface area contributed by atoms with E-state index in [2.05, 4.69) is 20.9 Å². The third kappa shape index (κ3) is 26.1. The molecule has 0 atom stereocenters. The van der Waals surface area contributed by atoms with Crippen molar-refractivity contribution in [3.05, 3.63) is 24.5 Å². The van der Waals surface area contributed by atoms with Crippen molar-refractivity contribution in [2.45, 2.75) is 97.3 Å². The topological polar surface area (TPSA) is 166 Å². The Morgan fingerprint density at radius 3 is 2.00 bits per heavy atom. The highest BCUT2D eigenvalue weighted by Gasteiger charge is 2.15. The van der Waals surface area contributed by atoms with Crippen molar-refractivity contribution < 1.29 is 42.6 Å². The van der Waals surface area contributed by atoms with Crippen LogP contribution in [0.1, 0.15) is 85.0 Å². The minimum Gasteiger partial charge on any atom is -0.444 e. The summed E-state index contributed by atoms with van der Waals surface area (Å²) in [7, 11) is 1.61. The van der Waals surface area contributed by atoms with Gasteiger partial charge in [0.25, 0.3) is 6.73 Å². The molecule has 0 saturated carbocycles. The van der Waals surface area contributed by atoms with E-state index in [1.54, 1.807) is 36.2 Å². The molecule has 0 aromatic carbocycles. The van der Waals surface area contributed by atoms with Gasteiger partial charge in [-0.25, -0.2) is 9.59 Å². The van der Waals surface area contributed by atoms with E-state index in [1.165, 1.54) is 32.1 Å². The van der Waals surface area contributed by atoms with Crippen LogP contribution in [-0.2, 0) is 35.2 Å². The number of hydrogen-bond acceptors (Lipinski definition) is 10. The molecule has 1 aromatic rings. The number of methoxy groups -OCH3 is 1. The molecule has 0 aliphatic carbocycles. The molecule has 0 radical (unpaired) electrons. The van der Waals surface area contributed by atoms with Gasteiger partial charge >= 0.3 is 12.2 Å². The largest absolute Gasteiger partial charge is 0.513 e. The molecular formula is C33H57N6O8+. The smallest absolute Gasteiger partial charge is 0.444 e. The Morgan fingerprint density at radius 1 is 0.830 bits per heavy atom. The Kier molecular flexibility index (Phi) is 24.1. The summed E-state index contributed by atoms with van der Waals surface area (Å²) in [6.45, 7) is 9.05. The molecule has 0 spiro atoms. The van der Waals surface area contributed by atoms with Crippen molar-refractivity contribution in [1.82, 2.24) is 10.6 Å². The second kappa shape index (κ2) is 27.4. The first kappa shape index (κ1) is 41.4. The van der Waals surface area contributed by atoms with Gasteiger partial charge in [-0.15, -0.1) is 0 Å². The summed E-state index contributed by atoms with van der Waals surface area (Å²) in [5, 5.41) is 17.6. The third-order valence-corrected chi connectivity index (χ3v) is 6.43. The number of aromatic nitrogens is 1. The van der Waals surface area contributed by atoms with Crippen LogP contribution in [0.2, 0.25) is 0 Å². The fourth-order valence-corrected chi connectivity index (χ4v) is 4.09. The molecule has 1 aromatic heterocycles. The van der Waals surface area contributed by atoms with E-state index in [1.807, 2.05) is 27.0 Å². The number of unbranched alkanes of at least 4 members (excludes halogenated alkanes) is 9. The molecule has 47 heavy (non-hydrogen) atoms. The highest BCUT2D eigenvalue weighted by molar-refractivity contribution is 5.94. The average Bonchev–Trinajstić information content (AvgIpc) is 3.03. The quantitative estimate of drug-likeness (QED) is 0.0244. The van der Waals surface area contributed by atoms with Crippen LogP contribution >= 0.6 is 0 Å². The monoisotopic (exact) mass is 665 g/mol. The van der Waals surface area contributed by atoms with Gasteiger partial charge in [0.1, 0.15) is 12.2 Å². The second-order valence-electron chi connectivity index (χ2n) is 11.7. The number of aliphatic imine (C=N–C) groups is 1. The fraction of sp³-hybridized carbons (Fsp3) is 0.727. The molecular weight excluding hydrogens is 608 g/mol. The van der Waals surface area contributed by atoms with E-state index in [9.17, 15) is 9.59 Å². The molecule has 14 heteroatoms. The highest BCUT2D eigenvalue weighted by Crippen LogP contribution is 2.11. The van der Waals surface area contributed by atoms with Crippen molar-refractivity contribution in [3.63, 3.8) is 0 Å². The summed E-state index contributed by atoms with van der Waals surface area (Å²) in [5.41, 5.74) is 0.269. The number of pyridine rings is 1. The zero-order chi connectivity index (χ0) is 34.4. The molecule has 3 N–H and O–H groups in total. The maximum absolute atomic E-state index is 11.8. The first-order valence-electron chi connectivity index (χ1n) is 16.6. The van der Waals surface area contributed by atoms with Gasteiger partial charge in [0, 0.05) is 32.3 Å². The van der Waals surface area contributed by atoms with Crippen LogP contribution in [0, 0.1) is 11.5 Å². The number of alkyl carbamates (subject to hydrolysis) is 1. The normalized spacial score (nSPS) is 11.4. The van der Waals surface area contributed by atoms with Crippen LogP contribution in [0.25, 0.3) is 0 Å². The van der Waals surface area contributed by atoms with Crippen molar-refractivity contribution in [2.75, 3.05) is 65.2 Å². The summed E-state index contributed by atoms with van der Waals surface area (Å²) in [5.74, 6) is 0.384. The van der Waals surface area contributed by atoms with Crippen LogP contribution < -0.4 is 20.5 Å². The lowest BCUT2D eigenvalue weighted by Crippen LogP contribution is -2.36. The van der Waals surface area contributed by atoms with Gasteiger partial charge in [0.2, 0.25) is 5.96 Å². The third-order valence-electron chi connectivity index (χ3n) is 6.43. The van der Waals surface area contributed by atoms with Gasteiger partial charge in [0.15, 0.2) is 18.6 Å². The zero-order valence-corrected chi connectivity index (χ0v) is 28.9. The van der Waals surface area contributed by atoms with Gasteiger partial charge in [-0.2, -0.15) is 9.83 Å². The Morgan fingerprint density at radius 2 is 1.40 bits per heavy atom. The van der Waals surface area contributed by atoms with Crippen molar-refractivity contribution in [1.29, 1.82) is 5.26 Å². The summed E-state index contributed by atoms with van der Waals surface area (Å²) >= 11 is 0. The van der Waals surface area contributed by atoms with E-state index in [4.69, 9.17) is 33.7 Å². The number of carbonyl (C=O) groups is 2. The summed E-state index contributed by atoms with van der Waals surface area (Å²) < 4.78 is 32.5. The minimum atomic E-state index is -0.787. The van der Waals surface area contributed by atoms with E-state index in [0.717, 1.165) is 37.8 Å². The summed E-state index contributed by atoms with van der Waals surface area (Å²) in [6, 6.07) is 3.57. The van der Waals surface area contributed by atoms with Crippen LogP contribution in [0.5, 0.6) is 0 Å². The van der Waals surface area contributed by atoms with Gasteiger partial charge in [0.05, 0.1) is 38.7 Å². The zero-order valence-electron chi connectivity index (χ0n) is 28.9. The Labute approximate surface area is 280 Å². The van der Waals surface area contributed by atoms with Crippen molar-refractivity contribution >= 4 is 23.9 Å². The molecule has 0 saturated heterocycles. The molecule has 14 nitrogen and oxygen atoms in total. The molecule has 0 unspecified atom stereocenters. The number of rotatable bonds is 25. The van der Waals surface area contributed by atoms with Gasteiger partial charge in [-0.05, 0) is 33.6 Å². The molecule has 1 amide bonds. The molecule has 0 fully saturated rings. The lowest BCUT2D eigenvalue weighted by molar-refractivity contribution is -0.727. The fourth-order valence-electron chi connectivity index (χ4n) is 4.09. The standard InChI is InChI=1S/C33H56N6O8/c1-33(2,3)47-31(40)36-18-14-12-10-8-6-5-7-9-11-13-17-35-30(37-27-34)38-29-15-19-39(20-16-29)28-46-32(41)45-26-25-44-24-23-43-22-21-42-4/h15-16,19-20H,5-14,17-18,21-26,28H2,1-4H3,(H2,35,36,37,40)/p+1. The number of ether oxygens (including phenoxy) is 6. The second-order valence-corrected chi connectivity index (χ2v) is 11.7. The lowest BCUT2D eigenvalue weighted by atomic mass is 10.1. The van der Waals surface area contributed by atoms with E-state index < -0.39 is 11.8 Å². The summed E-state index contributed by atoms with van der Waals surface area (Å²) in [6.07, 6.45) is 15.6. The SMILES string of the molecule is COCCOCCOCCOC(=O)OC[n+]1ccc(NC(=NCCCCCCCCCCCCNC(=O)OC(C)(C)C)NC#N)cc1. The molecule has 1 heterocycles. The molecule has 0 aliphatic rings. The first-order valence-corrected chi connectivity index (χ1v) is 16.6. The molecule has 0 bridgehead atoms. The van der Waals surface area contributed by atoms with E-state index in [-0.39, 0.29) is 26.0 Å². The lowest BCUT2D eigenvalue weighted by Gasteiger charge is -2.19. The number of guanidine groups is 1. The number of hydrogen-bond donors (Lipinski definition) is 3. The van der Waals surface area contributed by atoms with Gasteiger partial charge in [-0.1, -0.05) is 51.4 Å². The molecule has 266 valence electrons. The summed E-state index contributed by atoms with van der Waals surface area (Å²) in [4.78, 5) is 27.9. The van der Waals surface area contributed by atoms with Crippen molar-refractivity contribution in [2.24, 2.45) is 4.99 Å². The first-order chi connectivity index (χ1) is 22.7. The van der Waals surface area contributed by atoms with Gasteiger partial charge < -0.3 is 39.1 Å². The number of amides is 1. The Bertz CT molecular complexity index is 1030. The van der Waals surface area contributed by atoms with Gasteiger partial charge in [-0.3, -0.25) is 10.3 Å².